The molecule has 0 N–H and O–H groups in total. The predicted molar refractivity (Wildman–Crippen MR) is 77.6 cm³/mol. The van der Waals surface area contributed by atoms with Gasteiger partial charge in [-0.2, -0.15) is 0 Å². The van der Waals surface area contributed by atoms with Crippen LogP contribution >= 0.6 is 0 Å². The predicted octanol–water partition coefficient (Wildman–Crippen LogP) is 4.13. The lowest BCUT2D eigenvalue weighted by molar-refractivity contribution is -0.145. The number of esters is 1. The van der Waals surface area contributed by atoms with Gasteiger partial charge >= 0.3 is 5.97 Å². The summed E-state index contributed by atoms with van der Waals surface area (Å²) < 4.78 is 5.45. The van der Waals surface area contributed by atoms with E-state index < -0.39 is 0 Å². The fourth-order valence-electron chi connectivity index (χ4n) is 2.24. The minimum absolute atomic E-state index is 0.0862. The standard InChI is InChI=1S/C17H20O2/c1-14(12-13-15-8-4-2-5-9-15)17(18)19-16-10-6-3-7-11-16/h2,4-5,8-9,12-13,16H,1,3,6-7,10-11H2. The van der Waals surface area contributed by atoms with Crippen LogP contribution < -0.4 is 0 Å². The molecule has 19 heavy (non-hydrogen) atoms. The molecule has 2 heteroatoms. The minimum atomic E-state index is -0.293. The Morgan fingerprint density at radius 3 is 2.53 bits per heavy atom. The first-order valence-electron chi connectivity index (χ1n) is 6.89. The number of carbonyl (C=O) groups excluding carboxylic acids is 1. The Morgan fingerprint density at radius 2 is 1.84 bits per heavy atom. The van der Waals surface area contributed by atoms with Crippen molar-refractivity contribution in [3.8, 4) is 0 Å². The fraction of sp³-hybridized carbons (Fsp3) is 0.353. The van der Waals surface area contributed by atoms with Gasteiger partial charge in [0.1, 0.15) is 6.10 Å². The van der Waals surface area contributed by atoms with Gasteiger partial charge in [-0.25, -0.2) is 4.79 Å². The number of benzene rings is 1. The quantitative estimate of drug-likeness (QED) is 0.460. The SMILES string of the molecule is C=C(C=Cc1ccccc1)C(=O)OC1CCCCC1. The van der Waals surface area contributed by atoms with Gasteiger partial charge < -0.3 is 4.74 Å². The summed E-state index contributed by atoms with van der Waals surface area (Å²) >= 11 is 0. The lowest BCUT2D eigenvalue weighted by atomic mass is 9.98. The third kappa shape index (κ3) is 4.40. The summed E-state index contributed by atoms with van der Waals surface area (Å²) in [7, 11) is 0. The van der Waals surface area contributed by atoms with Crippen LogP contribution in [0.3, 0.4) is 0 Å². The lowest BCUT2D eigenvalue weighted by Gasteiger charge is -2.21. The molecule has 1 aliphatic rings. The van der Waals surface area contributed by atoms with Crippen molar-refractivity contribution in [2.45, 2.75) is 38.2 Å². The smallest absolute Gasteiger partial charge is 0.337 e. The Kier molecular flexibility index (Phi) is 4.96. The highest BCUT2D eigenvalue weighted by Crippen LogP contribution is 2.21. The number of hydrogen-bond acceptors (Lipinski definition) is 2. The number of ether oxygens (including phenoxy) is 1. The van der Waals surface area contributed by atoms with Gasteiger partial charge in [0.05, 0.1) is 5.57 Å². The molecule has 0 bridgehead atoms. The van der Waals surface area contributed by atoms with Crippen LogP contribution in [0.15, 0.2) is 48.6 Å². The normalized spacial score (nSPS) is 16.4. The molecule has 0 aliphatic heterocycles. The molecule has 0 aromatic heterocycles. The summed E-state index contributed by atoms with van der Waals surface area (Å²) in [5.41, 5.74) is 1.46. The molecule has 2 nitrogen and oxygen atoms in total. The van der Waals surface area contributed by atoms with Gasteiger partial charge in [-0.15, -0.1) is 0 Å². The molecule has 1 saturated carbocycles. The monoisotopic (exact) mass is 256 g/mol. The molecular formula is C17H20O2. The van der Waals surface area contributed by atoms with E-state index in [0.717, 1.165) is 31.2 Å². The van der Waals surface area contributed by atoms with E-state index in [9.17, 15) is 4.79 Å². The Bertz CT molecular complexity index is 453. The zero-order chi connectivity index (χ0) is 13.5. The average Bonchev–Trinajstić information content (AvgIpc) is 2.47. The van der Waals surface area contributed by atoms with Crippen LogP contribution in [-0.4, -0.2) is 12.1 Å². The number of hydrogen-bond donors (Lipinski definition) is 0. The number of carbonyl (C=O) groups is 1. The lowest BCUT2D eigenvalue weighted by Crippen LogP contribution is -2.21. The van der Waals surface area contributed by atoms with Crippen LogP contribution in [0.5, 0.6) is 0 Å². The Labute approximate surface area is 114 Å². The van der Waals surface area contributed by atoms with Crippen molar-refractivity contribution >= 4 is 12.0 Å². The molecular weight excluding hydrogens is 236 g/mol. The molecule has 1 aromatic rings. The van der Waals surface area contributed by atoms with E-state index in [0.29, 0.717) is 5.57 Å². The minimum Gasteiger partial charge on any atom is -0.459 e. The summed E-state index contributed by atoms with van der Waals surface area (Å²) in [4.78, 5) is 11.9. The molecule has 0 atom stereocenters. The average molecular weight is 256 g/mol. The van der Waals surface area contributed by atoms with Crippen molar-refractivity contribution in [2.24, 2.45) is 0 Å². The van der Waals surface area contributed by atoms with Crippen molar-refractivity contribution in [2.75, 3.05) is 0 Å². The van der Waals surface area contributed by atoms with Crippen molar-refractivity contribution in [3.05, 3.63) is 54.1 Å². The third-order valence-corrected chi connectivity index (χ3v) is 3.36. The molecule has 0 amide bonds. The van der Waals surface area contributed by atoms with E-state index in [4.69, 9.17) is 4.74 Å². The van der Waals surface area contributed by atoms with Crippen molar-refractivity contribution < 1.29 is 9.53 Å². The summed E-state index contributed by atoms with van der Waals surface area (Å²) in [5, 5.41) is 0. The summed E-state index contributed by atoms with van der Waals surface area (Å²) in [6, 6.07) is 9.85. The van der Waals surface area contributed by atoms with Gasteiger partial charge in [-0.1, -0.05) is 49.4 Å². The molecule has 1 fully saturated rings. The van der Waals surface area contributed by atoms with E-state index in [-0.39, 0.29) is 12.1 Å². The van der Waals surface area contributed by atoms with E-state index in [2.05, 4.69) is 6.58 Å². The first-order chi connectivity index (χ1) is 9.25. The van der Waals surface area contributed by atoms with Gasteiger partial charge in [0.25, 0.3) is 0 Å². The molecule has 100 valence electrons. The zero-order valence-electron chi connectivity index (χ0n) is 11.2. The van der Waals surface area contributed by atoms with Crippen LogP contribution in [0.1, 0.15) is 37.7 Å². The van der Waals surface area contributed by atoms with E-state index in [1.165, 1.54) is 6.42 Å². The highest BCUT2D eigenvalue weighted by Gasteiger charge is 2.18. The van der Waals surface area contributed by atoms with Gasteiger partial charge in [-0.05, 0) is 37.3 Å². The van der Waals surface area contributed by atoms with Crippen LogP contribution in [0.4, 0.5) is 0 Å². The Balaban J connectivity index is 1.85. The van der Waals surface area contributed by atoms with E-state index >= 15 is 0 Å². The topological polar surface area (TPSA) is 26.3 Å². The van der Waals surface area contributed by atoms with Crippen molar-refractivity contribution in [1.29, 1.82) is 0 Å². The summed E-state index contributed by atoms with van der Waals surface area (Å²) in [6.45, 7) is 3.77. The second kappa shape index (κ2) is 6.93. The highest BCUT2D eigenvalue weighted by molar-refractivity contribution is 5.92. The zero-order valence-corrected chi connectivity index (χ0v) is 11.2. The molecule has 0 heterocycles. The van der Waals surface area contributed by atoms with Crippen LogP contribution in [0.25, 0.3) is 6.08 Å². The molecule has 0 saturated heterocycles. The van der Waals surface area contributed by atoms with Gasteiger partial charge in [0.15, 0.2) is 0 Å². The first-order valence-corrected chi connectivity index (χ1v) is 6.89. The maximum atomic E-state index is 11.9. The highest BCUT2D eigenvalue weighted by atomic mass is 16.5. The second-order valence-corrected chi connectivity index (χ2v) is 4.93. The van der Waals surface area contributed by atoms with Gasteiger partial charge in [0.2, 0.25) is 0 Å². The fourth-order valence-corrected chi connectivity index (χ4v) is 2.24. The van der Waals surface area contributed by atoms with Gasteiger partial charge in [0, 0.05) is 0 Å². The molecule has 1 aromatic carbocycles. The molecule has 0 unspecified atom stereocenters. The summed E-state index contributed by atoms with van der Waals surface area (Å²) in [6.07, 6.45) is 9.23. The first kappa shape index (κ1) is 13.6. The van der Waals surface area contributed by atoms with E-state index in [1.807, 2.05) is 36.4 Å². The second-order valence-electron chi connectivity index (χ2n) is 4.93. The molecule has 1 aliphatic carbocycles. The maximum absolute atomic E-state index is 11.9. The van der Waals surface area contributed by atoms with Crippen molar-refractivity contribution in [1.82, 2.24) is 0 Å². The molecule has 0 radical (unpaired) electrons. The number of rotatable bonds is 4. The summed E-state index contributed by atoms with van der Waals surface area (Å²) in [5.74, 6) is -0.293. The van der Waals surface area contributed by atoms with Crippen LogP contribution in [0.2, 0.25) is 0 Å². The van der Waals surface area contributed by atoms with E-state index in [1.54, 1.807) is 6.08 Å². The Hall–Kier alpha value is -1.83. The van der Waals surface area contributed by atoms with Crippen molar-refractivity contribution in [3.63, 3.8) is 0 Å². The maximum Gasteiger partial charge on any atom is 0.337 e. The Morgan fingerprint density at radius 1 is 1.16 bits per heavy atom. The van der Waals surface area contributed by atoms with Crippen LogP contribution in [-0.2, 0) is 9.53 Å². The molecule has 2 rings (SSSR count). The van der Waals surface area contributed by atoms with Crippen LogP contribution in [0, 0.1) is 0 Å². The largest absolute Gasteiger partial charge is 0.459 e. The molecule has 0 spiro atoms. The van der Waals surface area contributed by atoms with Gasteiger partial charge in [-0.3, -0.25) is 0 Å². The third-order valence-electron chi connectivity index (χ3n) is 3.36.